The highest BCUT2D eigenvalue weighted by Gasteiger charge is 2.14. The second-order valence-corrected chi connectivity index (χ2v) is 4.62. The van der Waals surface area contributed by atoms with Crippen LogP contribution in [0, 0.1) is 0 Å². The summed E-state index contributed by atoms with van der Waals surface area (Å²) in [7, 11) is 3.66. The molecule has 106 valence electrons. The maximum absolute atomic E-state index is 11.4. The molecule has 0 aromatic heterocycles. The van der Waals surface area contributed by atoms with Gasteiger partial charge in [-0.1, -0.05) is 12.1 Å². The Morgan fingerprint density at radius 3 is 2.47 bits per heavy atom. The highest BCUT2D eigenvalue weighted by Crippen LogP contribution is 2.14. The molecule has 1 aromatic rings. The average Bonchev–Trinajstić information content (AvgIpc) is 2.39. The van der Waals surface area contributed by atoms with Gasteiger partial charge in [-0.05, 0) is 38.6 Å². The van der Waals surface area contributed by atoms with Crippen LogP contribution < -0.4 is 4.74 Å². The molecule has 1 aromatic carbocycles. The summed E-state index contributed by atoms with van der Waals surface area (Å²) in [4.78, 5) is 13.6. The number of hydrogen-bond donors (Lipinski definition) is 0. The van der Waals surface area contributed by atoms with Gasteiger partial charge in [0.25, 0.3) is 0 Å². The topological polar surface area (TPSA) is 38.8 Å². The molecule has 0 saturated carbocycles. The first-order chi connectivity index (χ1) is 9.06. The van der Waals surface area contributed by atoms with Crippen LogP contribution in [0.2, 0.25) is 0 Å². The highest BCUT2D eigenvalue weighted by molar-refractivity contribution is 5.70. The second kappa shape index (κ2) is 7.79. The summed E-state index contributed by atoms with van der Waals surface area (Å²) in [5, 5.41) is 0. The summed E-state index contributed by atoms with van der Waals surface area (Å²) in [5.41, 5.74) is 1.19. The number of ether oxygens (including phenoxy) is 2. The molecule has 1 unspecified atom stereocenters. The summed E-state index contributed by atoms with van der Waals surface area (Å²) in [5.74, 6) is 0.711. The quantitative estimate of drug-likeness (QED) is 0.710. The Labute approximate surface area is 115 Å². The monoisotopic (exact) mass is 265 g/mol. The lowest BCUT2D eigenvalue weighted by Crippen LogP contribution is -2.31. The van der Waals surface area contributed by atoms with E-state index in [1.807, 2.05) is 45.2 Å². The average molecular weight is 265 g/mol. The first-order valence-electron chi connectivity index (χ1n) is 6.55. The number of rotatable bonds is 7. The van der Waals surface area contributed by atoms with E-state index < -0.39 is 0 Å². The van der Waals surface area contributed by atoms with E-state index in [-0.39, 0.29) is 12.0 Å². The Balaban J connectivity index is 2.48. The van der Waals surface area contributed by atoms with E-state index in [1.54, 1.807) is 7.11 Å². The molecule has 0 radical (unpaired) electrons. The van der Waals surface area contributed by atoms with Crippen molar-refractivity contribution < 1.29 is 14.3 Å². The maximum atomic E-state index is 11.4. The van der Waals surface area contributed by atoms with Crippen LogP contribution in [-0.2, 0) is 16.1 Å². The molecule has 4 heteroatoms. The lowest BCUT2D eigenvalue weighted by molar-refractivity contribution is -0.144. The van der Waals surface area contributed by atoms with Gasteiger partial charge in [-0.3, -0.25) is 9.69 Å². The predicted octanol–water partition coefficient (Wildman–Crippen LogP) is 2.47. The Morgan fingerprint density at radius 1 is 1.32 bits per heavy atom. The zero-order chi connectivity index (χ0) is 14.3. The molecule has 0 heterocycles. The van der Waals surface area contributed by atoms with Gasteiger partial charge >= 0.3 is 5.97 Å². The summed E-state index contributed by atoms with van der Waals surface area (Å²) in [6, 6.07) is 8.11. The third kappa shape index (κ3) is 5.30. The molecule has 0 amide bonds. The van der Waals surface area contributed by atoms with Crippen LogP contribution in [0.5, 0.6) is 5.75 Å². The predicted molar refractivity (Wildman–Crippen MR) is 75.2 cm³/mol. The Kier molecular flexibility index (Phi) is 6.36. The van der Waals surface area contributed by atoms with E-state index in [0.717, 1.165) is 12.3 Å². The van der Waals surface area contributed by atoms with Gasteiger partial charge in [0.2, 0.25) is 0 Å². The minimum Gasteiger partial charge on any atom is -0.497 e. The molecule has 1 atom stereocenters. The molecular formula is C15H23NO3. The third-order valence-electron chi connectivity index (χ3n) is 3.11. The van der Waals surface area contributed by atoms with Crippen molar-refractivity contribution in [1.29, 1.82) is 0 Å². The number of carbonyl (C=O) groups excluding carboxylic acids is 1. The molecule has 0 aliphatic rings. The molecule has 0 saturated heterocycles. The molecule has 0 aliphatic carbocycles. The van der Waals surface area contributed by atoms with Gasteiger partial charge in [0.05, 0.1) is 20.1 Å². The Hall–Kier alpha value is -1.55. The van der Waals surface area contributed by atoms with Gasteiger partial charge in [-0.15, -0.1) is 0 Å². The van der Waals surface area contributed by atoms with E-state index in [1.165, 1.54) is 5.56 Å². The van der Waals surface area contributed by atoms with Crippen molar-refractivity contribution in [3.63, 3.8) is 0 Å². The molecular weight excluding hydrogens is 242 g/mol. The van der Waals surface area contributed by atoms with E-state index in [2.05, 4.69) is 4.90 Å². The molecule has 1 rings (SSSR count). The Morgan fingerprint density at radius 2 is 1.95 bits per heavy atom. The van der Waals surface area contributed by atoms with Crippen molar-refractivity contribution in [3.05, 3.63) is 29.8 Å². The summed E-state index contributed by atoms with van der Waals surface area (Å²) >= 11 is 0. The zero-order valence-electron chi connectivity index (χ0n) is 12.2. The van der Waals surface area contributed by atoms with Crippen LogP contribution in [0.1, 0.15) is 25.8 Å². The van der Waals surface area contributed by atoms with Gasteiger partial charge < -0.3 is 9.47 Å². The van der Waals surface area contributed by atoms with Crippen molar-refractivity contribution in [2.75, 3.05) is 20.8 Å². The number of carbonyl (C=O) groups is 1. The fourth-order valence-corrected chi connectivity index (χ4v) is 1.79. The van der Waals surface area contributed by atoms with Crippen LogP contribution in [0.3, 0.4) is 0 Å². The van der Waals surface area contributed by atoms with Crippen LogP contribution in [0.15, 0.2) is 24.3 Å². The molecule has 0 fully saturated rings. The molecule has 4 nitrogen and oxygen atoms in total. The van der Waals surface area contributed by atoms with Crippen molar-refractivity contribution in [1.82, 2.24) is 4.90 Å². The van der Waals surface area contributed by atoms with Gasteiger partial charge in [-0.25, -0.2) is 0 Å². The fourth-order valence-electron chi connectivity index (χ4n) is 1.79. The van der Waals surface area contributed by atoms with E-state index in [9.17, 15) is 4.79 Å². The van der Waals surface area contributed by atoms with Crippen LogP contribution >= 0.6 is 0 Å². The molecule has 0 spiro atoms. The number of hydrogen-bond acceptors (Lipinski definition) is 4. The van der Waals surface area contributed by atoms with Gasteiger partial charge in [0.1, 0.15) is 5.75 Å². The minimum atomic E-state index is -0.142. The molecule has 19 heavy (non-hydrogen) atoms. The largest absolute Gasteiger partial charge is 0.497 e. The number of esters is 1. The van der Waals surface area contributed by atoms with Crippen molar-refractivity contribution >= 4 is 5.97 Å². The first-order valence-corrected chi connectivity index (χ1v) is 6.55. The van der Waals surface area contributed by atoms with Crippen molar-refractivity contribution in [3.8, 4) is 5.75 Å². The molecule has 0 N–H and O–H groups in total. The lowest BCUT2D eigenvalue weighted by atomic mass is 10.1. The minimum absolute atomic E-state index is 0.142. The smallest absolute Gasteiger partial charge is 0.307 e. The van der Waals surface area contributed by atoms with Gasteiger partial charge in [0.15, 0.2) is 0 Å². The normalized spacial score (nSPS) is 12.3. The van der Waals surface area contributed by atoms with E-state index in [4.69, 9.17) is 9.47 Å². The second-order valence-electron chi connectivity index (χ2n) is 4.62. The lowest BCUT2D eigenvalue weighted by Gasteiger charge is -2.24. The third-order valence-corrected chi connectivity index (χ3v) is 3.11. The van der Waals surface area contributed by atoms with Gasteiger partial charge in [-0.2, -0.15) is 0 Å². The van der Waals surface area contributed by atoms with Crippen LogP contribution in [-0.4, -0.2) is 37.7 Å². The number of nitrogens with zero attached hydrogens (tertiary/aromatic N) is 1. The standard InChI is InChI=1S/C15H23NO3/c1-5-19-15(17)10-12(2)16(3)11-13-6-8-14(18-4)9-7-13/h6-9,12H,5,10-11H2,1-4H3. The summed E-state index contributed by atoms with van der Waals surface area (Å²) in [6.45, 7) is 5.09. The SMILES string of the molecule is CCOC(=O)CC(C)N(C)Cc1ccc(OC)cc1. The summed E-state index contributed by atoms with van der Waals surface area (Å²) < 4.78 is 10.1. The van der Waals surface area contributed by atoms with Crippen LogP contribution in [0.25, 0.3) is 0 Å². The van der Waals surface area contributed by atoms with E-state index in [0.29, 0.717) is 13.0 Å². The van der Waals surface area contributed by atoms with Crippen molar-refractivity contribution in [2.45, 2.75) is 32.9 Å². The fraction of sp³-hybridized carbons (Fsp3) is 0.533. The van der Waals surface area contributed by atoms with E-state index >= 15 is 0 Å². The van der Waals surface area contributed by atoms with Gasteiger partial charge in [0, 0.05) is 12.6 Å². The summed E-state index contributed by atoms with van der Waals surface area (Å²) in [6.07, 6.45) is 0.417. The molecule has 0 aliphatic heterocycles. The maximum Gasteiger partial charge on any atom is 0.307 e. The highest BCUT2D eigenvalue weighted by atomic mass is 16.5. The van der Waals surface area contributed by atoms with Crippen LogP contribution in [0.4, 0.5) is 0 Å². The number of benzene rings is 1. The zero-order valence-corrected chi connectivity index (χ0v) is 12.2. The Bertz CT molecular complexity index is 389. The van der Waals surface area contributed by atoms with Crippen molar-refractivity contribution in [2.24, 2.45) is 0 Å². The number of methoxy groups -OCH3 is 1. The first kappa shape index (κ1) is 15.5. The molecule has 0 bridgehead atoms.